The van der Waals surface area contributed by atoms with Crippen LogP contribution in [0, 0.1) is 5.82 Å². The van der Waals surface area contributed by atoms with Crippen LogP contribution in [0.25, 0.3) is 16.0 Å². The number of nitrogens with zero attached hydrogens (tertiary/aromatic N) is 2. The van der Waals surface area contributed by atoms with Crippen molar-refractivity contribution in [2.45, 2.75) is 25.5 Å². The molecule has 2 aliphatic rings. The first-order chi connectivity index (χ1) is 17.3. The first-order valence-electron chi connectivity index (χ1n) is 11.2. The SMILES string of the molecule is C[C@H]1Cc2cc(/C(O)=C3\C(=O)C(=O)N(c4nc5ccc(F)cc5s4)[C@H]3c3ccc(Br)cc3)ccc2O1. The summed E-state index contributed by atoms with van der Waals surface area (Å²) in [5.41, 5.74) is 2.47. The Morgan fingerprint density at radius 3 is 2.69 bits per heavy atom. The molecule has 6 nitrogen and oxygen atoms in total. The quantitative estimate of drug-likeness (QED) is 0.183. The fourth-order valence-electron chi connectivity index (χ4n) is 4.70. The van der Waals surface area contributed by atoms with Crippen LogP contribution in [0.4, 0.5) is 9.52 Å². The highest BCUT2D eigenvalue weighted by atomic mass is 79.9. The molecular formula is C27H18BrFN2O4S. The number of rotatable bonds is 3. The molecule has 0 saturated carbocycles. The van der Waals surface area contributed by atoms with E-state index in [4.69, 9.17) is 4.74 Å². The maximum Gasteiger partial charge on any atom is 0.301 e. The summed E-state index contributed by atoms with van der Waals surface area (Å²) in [6.07, 6.45) is 0.707. The van der Waals surface area contributed by atoms with Crippen LogP contribution in [0.5, 0.6) is 5.75 Å². The molecule has 180 valence electrons. The summed E-state index contributed by atoms with van der Waals surface area (Å²) in [5, 5.41) is 11.6. The van der Waals surface area contributed by atoms with Crippen molar-refractivity contribution in [3.8, 4) is 5.75 Å². The van der Waals surface area contributed by atoms with Crippen molar-refractivity contribution in [1.29, 1.82) is 0 Å². The fraction of sp³-hybridized carbons (Fsp3) is 0.148. The lowest BCUT2D eigenvalue weighted by molar-refractivity contribution is -0.132. The number of aromatic nitrogens is 1. The molecule has 0 aliphatic carbocycles. The van der Waals surface area contributed by atoms with Crippen molar-refractivity contribution >= 4 is 60.1 Å². The summed E-state index contributed by atoms with van der Waals surface area (Å²) >= 11 is 4.53. The van der Waals surface area contributed by atoms with Gasteiger partial charge in [0.1, 0.15) is 23.4 Å². The van der Waals surface area contributed by atoms with E-state index in [0.717, 1.165) is 27.1 Å². The molecule has 1 N–H and O–H groups in total. The number of aliphatic hydroxyl groups is 1. The number of amides is 1. The van der Waals surface area contributed by atoms with Gasteiger partial charge in [-0.25, -0.2) is 9.37 Å². The zero-order valence-corrected chi connectivity index (χ0v) is 21.3. The fourth-order valence-corrected chi connectivity index (χ4v) is 5.99. The van der Waals surface area contributed by atoms with Crippen molar-refractivity contribution < 1.29 is 23.8 Å². The summed E-state index contributed by atoms with van der Waals surface area (Å²) in [6.45, 7) is 1.96. The molecule has 36 heavy (non-hydrogen) atoms. The van der Waals surface area contributed by atoms with Gasteiger partial charge in [-0.15, -0.1) is 0 Å². The second kappa shape index (κ2) is 8.53. The lowest BCUT2D eigenvalue weighted by atomic mass is 9.94. The zero-order valence-electron chi connectivity index (χ0n) is 18.9. The van der Waals surface area contributed by atoms with E-state index in [-0.39, 0.29) is 22.6 Å². The lowest BCUT2D eigenvalue weighted by Crippen LogP contribution is -2.29. The number of fused-ring (bicyclic) bond motifs is 2. The monoisotopic (exact) mass is 564 g/mol. The second-order valence-corrected chi connectivity index (χ2v) is 10.7. The lowest BCUT2D eigenvalue weighted by Gasteiger charge is -2.23. The van der Waals surface area contributed by atoms with Crippen molar-refractivity contribution in [2.75, 3.05) is 4.90 Å². The van der Waals surface area contributed by atoms with E-state index in [9.17, 15) is 19.1 Å². The van der Waals surface area contributed by atoms with Gasteiger partial charge in [0.2, 0.25) is 0 Å². The second-order valence-electron chi connectivity index (χ2n) is 8.78. The Bertz CT molecular complexity index is 1600. The molecule has 4 aromatic rings. The Morgan fingerprint density at radius 1 is 1.14 bits per heavy atom. The molecule has 0 spiro atoms. The van der Waals surface area contributed by atoms with Crippen LogP contribution in [0.15, 0.2) is 70.7 Å². The van der Waals surface area contributed by atoms with Gasteiger partial charge < -0.3 is 9.84 Å². The van der Waals surface area contributed by atoms with E-state index in [1.165, 1.54) is 23.1 Å². The minimum atomic E-state index is -0.910. The zero-order chi connectivity index (χ0) is 25.1. The van der Waals surface area contributed by atoms with Crippen molar-refractivity contribution in [3.63, 3.8) is 0 Å². The van der Waals surface area contributed by atoms with Crippen LogP contribution in [0.3, 0.4) is 0 Å². The van der Waals surface area contributed by atoms with Gasteiger partial charge >= 0.3 is 5.91 Å². The van der Waals surface area contributed by atoms with Crippen LogP contribution < -0.4 is 9.64 Å². The summed E-state index contributed by atoms with van der Waals surface area (Å²) in [5.74, 6) is -1.55. The number of hydrogen-bond acceptors (Lipinski definition) is 6. The number of benzene rings is 3. The molecule has 0 unspecified atom stereocenters. The standard InChI is InChI=1S/C27H18BrFN2O4S/c1-13-10-16-11-15(4-9-20(16)35-13)24(32)22-23(14-2-5-17(28)6-3-14)31(26(34)25(22)33)27-30-19-8-7-18(29)12-21(19)36-27/h2-9,11-13,23,32H,10H2,1H3/b24-22+/t13-,23-/m0/s1. The van der Waals surface area contributed by atoms with Crippen molar-refractivity contribution in [2.24, 2.45) is 0 Å². The Kier molecular flexibility index (Phi) is 5.42. The van der Waals surface area contributed by atoms with Crippen LogP contribution in [-0.4, -0.2) is 27.9 Å². The number of carbonyl (C=O) groups excluding carboxylic acids is 2. The minimum absolute atomic E-state index is 0.0228. The predicted molar refractivity (Wildman–Crippen MR) is 139 cm³/mol. The molecule has 9 heteroatoms. The third-order valence-electron chi connectivity index (χ3n) is 6.34. The molecule has 1 fully saturated rings. The number of ketones is 1. The maximum atomic E-state index is 13.8. The molecule has 1 saturated heterocycles. The van der Waals surface area contributed by atoms with Gasteiger partial charge in [0.25, 0.3) is 5.78 Å². The van der Waals surface area contributed by atoms with E-state index in [1.807, 2.05) is 6.92 Å². The largest absolute Gasteiger partial charge is 0.507 e. The molecule has 6 rings (SSSR count). The van der Waals surface area contributed by atoms with Gasteiger partial charge in [0.05, 0.1) is 21.8 Å². The van der Waals surface area contributed by atoms with Crippen LogP contribution >= 0.6 is 27.3 Å². The molecule has 3 heterocycles. The Labute approximate surface area is 217 Å². The summed E-state index contributed by atoms with van der Waals surface area (Å²) in [6, 6.07) is 15.7. The van der Waals surface area contributed by atoms with Gasteiger partial charge in [-0.2, -0.15) is 0 Å². The third-order valence-corrected chi connectivity index (χ3v) is 7.89. The highest BCUT2D eigenvalue weighted by Crippen LogP contribution is 2.45. The average molecular weight is 565 g/mol. The highest BCUT2D eigenvalue weighted by Gasteiger charge is 2.48. The Morgan fingerprint density at radius 2 is 1.92 bits per heavy atom. The van der Waals surface area contributed by atoms with Gasteiger partial charge in [-0.3, -0.25) is 14.5 Å². The topological polar surface area (TPSA) is 79.7 Å². The van der Waals surface area contributed by atoms with Crippen molar-refractivity contribution in [3.05, 3.63) is 93.2 Å². The number of ether oxygens (including phenoxy) is 1. The normalized spacial score (nSPS) is 20.7. The van der Waals surface area contributed by atoms with Crippen molar-refractivity contribution in [1.82, 2.24) is 4.98 Å². The predicted octanol–water partition coefficient (Wildman–Crippen LogP) is 6.15. The number of aliphatic hydroxyl groups excluding tert-OH is 1. The Hall–Kier alpha value is -3.56. The van der Waals surface area contributed by atoms with Gasteiger partial charge in [-0.1, -0.05) is 39.4 Å². The van der Waals surface area contributed by atoms with E-state index < -0.39 is 23.5 Å². The van der Waals surface area contributed by atoms with Gasteiger partial charge in [0.15, 0.2) is 5.13 Å². The summed E-state index contributed by atoms with van der Waals surface area (Å²) in [4.78, 5) is 32.6. The van der Waals surface area contributed by atoms with Crippen LogP contribution in [0.2, 0.25) is 0 Å². The smallest absolute Gasteiger partial charge is 0.301 e. The van der Waals surface area contributed by atoms with E-state index >= 15 is 0 Å². The first-order valence-corrected chi connectivity index (χ1v) is 12.8. The number of halogens is 2. The number of hydrogen-bond donors (Lipinski definition) is 1. The van der Waals surface area contributed by atoms with Crippen LogP contribution in [-0.2, 0) is 16.0 Å². The van der Waals surface area contributed by atoms with Crippen LogP contribution in [0.1, 0.15) is 29.7 Å². The first kappa shape index (κ1) is 22.9. The number of thiazole rings is 1. The third kappa shape index (κ3) is 3.70. The maximum absolute atomic E-state index is 13.8. The molecule has 2 atom stereocenters. The highest BCUT2D eigenvalue weighted by molar-refractivity contribution is 9.10. The molecule has 3 aromatic carbocycles. The number of anilines is 1. The number of carbonyl (C=O) groups is 2. The summed E-state index contributed by atoms with van der Waals surface area (Å²) < 4.78 is 20.9. The molecule has 1 aromatic heterocycles. The molecule has 1 amide bonds. The van der Waals surface area contributed by atoms with E-state index in [1.54, 1.807) is 42.5 Å². The molecule has 0 radical (unpaired) electrons. The molecular weight excluding hydrogens is 547 g/mol. The average Bonchev–Trinajstić information content (AvgIpc) is 3.51. The minimum Gasteiger partial charge on any atom is -0.507 e. The van der Waals surface area contributed by atoms with E-state index in [0.29, 0.717) is 27.8 Å². The Balaban J connectivity index is 1.53. The molecule has 2 aliphatic heterocycles. The van der Waals surface area contributed by atoms with Gasteiger partial charge in [0, 0.05) is 16.5 Å². The summed E-state index contributed by atoms with van der Waals surface area (Å²) in [7, 11) is 0. The van der Waals surface area contributed by atoms with E-state index in [2.05, 4.69) is 20.9 Å². The molecule has 0 bridgehead atoms. The van der Waals surface area contributed by atoms with Gasteiger partial charge in [-0.05, 0) is 66.6 Å². The number of Topliss-reactive ketones (excluding diaryl/α,β-unsaturated/α-hetero) is 1.